The van der Waals surface area contributed by atoms with Gasteiger partial charge in [0.2, 0.25) is 0 Å². The number of nitrogens with zero attached hydrogens (tertiary/aromatic N) is 1. The minimum Gasteiger partial charge on any atom is -0.477 e. The molecular weight excluding hydrogens is 316 g/mol. The number of para-hydroxylation sites is 2. The number of halogens is 1. The van der Waals surface area contributed by atoms with Gasteiger partial charge in [0.1, 0.15) is 5.75 Å². The van der Waals surface area contributed by atoms with Crippen molar-refractivity contribution < 1.29 is 14.3 Å². The molecule has 6 heteroatoms. The Labute approximate surface area is 138 Å². The zero-order chi connectivity index (χ0) is 16.4. The van der Waals surface area contributed by atoms with E-state index in [1.807, 2.05) is 6.07 Å². The summed E-state index contributed by atoms with van der Waals surface area (Å²) in [6.45, 7) is 0.141. The zero-order valence-corrected chi connectivity index (χ0v) is 13.2. The molecule has 0 aromatic heterocycles. The first-order valence-electron chi connectivity index (χ1n) is 7.15. The lowest BCUT2D eigenvalue weighted by atomic mass is 10.1. The summed E-state index contributed by atoms with van der Waals surface area (Å²) < 4.78 is 5.69. The smallest absolute Gasteiger partial charge is 0.262 e. The van der Waals surface area contributed by atoms with E-state index in [1.54, 1.807) is 47.4 Å². The van der Waals surface area contributed by atoms with Crippen LogP contribution in [0.2, 0.25) is 5.02 Å². The van der Waals surface area contributed by atoms with Gasteiger partial charge in [0.05, 0.1) is 12.2 Å². The van der Waals surface area contributed by atoms with E-state index >= 15 is 0 Å². The van der Waals surface area contributed by atoms with Crippen molar-refractivity contribution in [2.24, 2.45) is 0 Å². The van der Waals surface area contributed by atoms with Crippen LogP contribution in [0.5, 0.6) is 5.75 Å². The maximum absolute atomic E-state index is 12.9. The van der Waals surface area contributed by atoms with Crippen LogP contribution in [-0.4, -0.2) is 31.5 Å². The van der Waals surface area contributed by atoms with Gasteiger partial charge in [0.15, 0.2) is 6.10 Å². The average molecular weight is 331 g/mol. The summed E-state index contributed by atoms with van der Waals surface area (Å²) >= 11 is 5.97. The second-order valence-corrected chi connectivity index (χ2v) is 5.55. The van der Waals surface area contributed by atoms with Crippen molar-refractivity contribution in [3.8, 4) is 5.75 Å². The van der Waals surface area contributed by atoms with Crippen molar-refractivity contribution >= 4 is 29.1 Å². The number of nitrogens with one attached hydrogen (secondary N) is 1. The fraction of sp³-hybridized carbons (Fsp3) is 0.176. The van der Waals surface area contributed by atoms with Crippen LogP contribution in [0, 0.1) is 0 Å². The average Bonchev–Trinajstić information content (AvgIpc) is 2.59. The quantitative estimate of drug-likeness (QED) is 0.920. The SMILES string of the molecule is CNC(=O)C1CN(C(=O)c2cccc(Cl)c2)c2ccccc2O1. The predicted molar refractivity (Wildman–Crippen MR) is 88.1 cm³/mol. The first-order chi connectivity index (χ1) is 11.1. The van der Waals surface area contributed by atoms with Gasteiger partial charge >= 0.3 is 0 Å². The van der Waals surface area contributed by atoms with Gasteiger partial charge in [0.25, 0.3) is 11.8 Å². The maximum Gasteiger partial charge on any atom is 0.262 e. The highest BCUT2D eigenvalue weighted by atomic mass is 35.5. The first-order valence-corrected chi connectivity index (χ1v) is 7.52. The Morgan fingerprint density at radius 2 is 2.00 bits per heavy atom. The molecule has 2 aromatic rings. The summed E-state index contributed by atoms with van der Waals surface area (Å²) in [4.78, 5) is 26.3. The summed E-state index contributed by atoms with van der Waals surface area (Å²) in [5.41, 5.74) is 1.10. The van der Waals surface area contributed by atoms with Crippen LogP contribution < -0.4 is 15.0 Å². The number of hydrogen-bond donors (Lipinski definition) is 1. The van der Waals surface area contributed by atoms with Crippen molar-refractivity contribution in [1.82, 2.24) is 5.32 Å². The van der Waals surface area contributed by atoms with Crippen molar-refractivity contribution in [3.05, 3.63) is 59.1 Å². The number of likely N-dealkylation sites (N-methyl/N-ethyl adjacent to an activating group) is 1. The van der Waals surface area contributed by atoms with Gasteiger partial charge in [0, 0.05) is 17.6 Å². The van der Waals surface area contributed by atoms with E-state index in [0.29, 0.717) is 22.0 Å². The molecule has 0 bridgehead atoms. The summed E-state index contributed by atoms with van der Waals surface area (Å²) in [7, 11) is 1.54. The van der Waals surface area contributed by atoms with Gasteiger partial charge in [-0.1, -0.05) is 29.8 Å². The standard InChI is InChI=1S/C17H15ClN2O3/c1-19-16(21)15-10-20(13-7-2-3-8-14(13)23-15)17(22)11-5-4-6-12(18)9-11/h2-9,15H,10H2,1H3,(H,19,21). The number of rotatable bonds is 2. The Bertz CT molecular complexity index is 763. The molecule has 1 unspecified atom stereocenters. The number of ether oxygens (including phenoxy) is 1. The molecule has 2 amide bonds. The molecule has 1 aliphatic rings. The summed E-state index contributed by atoms with van der Waals surface area (Å²) in [6.07, 6.45) is -0.752. The summed E-state index contributed by atoms with van der Waals surface area (Å²) in [5.74, 6) is 0.00304. The minimum atomic E-state index is -0.752. The monoisotopic (exact) mass is 330 g/mol. The largest absolute Gasteiger partial charge is 0.477 e. The van der Waals surface area contributed by atoms with E-state index in [2.05, 4.69) is 5.32 Å². The Morgan fingerprint density at radius 3 is 2.74 bits per heavy atom. The molecule has 0 fully saturated rings. The molecule has 1 heterocycles. The van der Waals surface area contributed by atoms with Gasteiger partial charge in [-0.15, -0.1) is 0 Å². The fourth-order valence-electron chi connectivity index (χ4n) is 2.50. The molecule has 1 aliphatic heterocycles. The topological polar surface area (TPSA) is 58.6 Å². The zero-order valence-electron chi connectivity index (χ0n) is 12.5. The number of fused-ring (bicyclic) bond motifs is 1. The third-order valence-corrected chi connectivity index (χ3v) is 3.86. The molecule has 0 saturated carbocycles. The number of hydrogen-bond acceptors (Lipinski definition) is 3. The number of amides is 2. The van der Waals surface area contributed by atoms with Crippen molar-refractivity contribution in [2.45, 2.75) is 6.10 Å². The van der Waals surface area contributed by atoms with E-state index in [1.165, 1.54) is 7.05 Å². The molecule has 2 aromatic carbocycles. The van der Waals surface area contributed by atoms with E-state index in [0.717, 1.165) is 0 Å². The fourth-order valence-corrected chi connectivity index (χ4v) is 2.69. The second kappa shape index (κ2) is 6.30. The highest BCUT2D eigenvalue weighted by molar-refractivity contribution is 6.31. The molecule has 1 atom stereocenters. The van der Waals surface area contributed by atoms with Crippen LogP contribution in [-0.2, 0) is 4.79 Å². The molecule has 1 N–H and O–H groups in total. The Balaban J connectivity index is 1.99. The van der Waals surface area contributed by atoms with Crippen LogP contribution in [0.15, 0.2) is 48.5 Å². The third kappa shape index (κ3) is 3.00. The molecule has 3 rings (SSSR count). The predicted octanol–water partition coefficient (Wildman–Crippen LogP) is 2.49. The van der Waals surface area contributed by atoms with E-state index in [4.69, 9.17) is 16.3 Å². The van der Waals surface area contributed by atoms with Gasteiger partial charge in [-0.25, -0.2) is 0 Å². The molecule has 0 radical (unpaired) electrons. The third-order valence-electron chi connectivity index (χ3n) is 3.63. The molecule has 23 heavy (non-hydrogen) atoms. The number of carbonyl (C=O) groups excluding carboxylic acids is 2. The van der Waals surface area contributed by atoms with Crippen LogP contribution in [0.1, 0.15) is 10.4 Å². The lowest BCUT2D eigenvalue weighted by molar-refractivity contribution is -0.127. The van der Waals surface area contributed by atoms with Crippen LogP contribution >= 0.6 is 11.6 Å². The molecule has 0 saturated heterocycles. The van der Waals surface area contributed by atoms with Crippen LogP contribution in [0.25, 0.3) is 0 Å². The highest BCUT2D eigenvalue weighted by Crippen LogP contribution is 2.34. The Hall–Kier alpha value is -2.53. The van der Waals surface area contributed by atoms with Crippen LogP contribution in [0.3, 0.4) is 0 Å². The molecular formula is C17H15ClN2O3. The second-order valence-electron chi connectivity index (χ2n) is 5.11. The van der Waals surface area contributed by atoms with Gasteiger partial charge in [-0.3, -0.25) is 9.59 Å². The van der Waals surface area contributed by atoms with E-state index < -0.39 is 6.10 Å². The lowest BCUT2D eigenvalue weighted by Crippen LogP contribution is -2.50. The van der Waals surface area contributed by atoms with Gasteiger partial charge in [-0.05, 0) is 30.3 Å². The number of carbonyl (C=O) groups is 2. The van der Waals surface area contributed by atoms with Crippen molar-refractivity contribution in [1.29, 1.82) is 0 Å². The Morgan fingerprint density at radius 1 is 1.22 bits per heavy atom. The van der Waals surface area contributed by atoms with E-state index in [9.17, 15) is 9.59 Å². The van der Waals surface area contributed by atoms with Gasteiger partial charge < -0.3 is 15.0 Å². The van der Waals surface area contributed by atoms with Gasteiger partial charge in [-0.2, -0.15) is 0 Å². The summed E-state index contributed by atoms with van der Waals surface area (Å²) in [6, 6.07) is 13.9. The first kappa shape index (κ1) is 15.4. The van der Waals surface area contributed by atoms with Crippen LogP contribution in [0.4, 0.5) is 5.69 Å². The van der Waals surface area contributed by atoms with Crippen molar-refractivity contribution in [3.63, 3.8) is 0 Å². The van der Waals surface area contributed by atoms with Crippen molar-refractivity contribution in [2.75, 3.05) is 18.5 Å². The maximum atomic E-state index is 12.9. The lowest BCUT2D eigenvalue weighted by Gasteiger charge is -2.34. The molecule has 5 nitrogen and oxygen atoms in total. The van der Waals surface area contributed by atoms with E-state index in [-0.39, 0.29) is 18.4 Å². The molecule has 0 aliphatic carbocycles. The normalized spacial score (nSPS) is 16.3. The summed E-state index contributed by atoms with van der Waals surface area (Å²) in [5, 5.41) is 3.04. The highest BCUT2D eigenvalue weighted by Gasteiger charge is 2.33. The molecule has 118 valence electrons. The molecule has 0 spiro atoms. The minimum absolute atomic E-state index is 0.141. The number of benzene rings is 2. The Kier molecular flexibility index (Phi) is 4.21. The number of anilines is 1.